The number of urea groups is 1. The van der Waals surface area contributed by atoms with Crippen LogP contribution in [0.15, 0.2) is 0 Å². The second-order valence-corrected chi connectivity index (χ2v) is 6.45. The molecule has 0 aromatic heterocycles. The number of nitrogens with one attached hydrogen (secondary N) is 1. The lowest BCUT2D eigenvalue weighted by atomic mass is 9.90. The maximum Gasteiger partial charge on any atom is 0.318 e. The molecule has 0 spiro atoms. The number of fused-ring (bicyclic) bond motifs is 1. The van der Waals surface area contributed by atoms with Gasteiger partial charge in [-0.15, -0.1) is 0 Å². The lowest BCUT2D eigenvalue weighted by Crippen LogP contribution is -2.58. The first-order valence-electron chi connectivity index (χ1n) is 8.06. The Morgan fingerprint density at radius 3 is 2.71 bits per heavy atom. The Morgan fingerprint density at radius 2 is 1.95 bits per heavy atom. The summed E-state index contributed by atoms with van der Waals surface area (Å²) >= 11 is 0. The monoisotopic (exact) mass is 296 g/mol. The average molecular weight is 296 g/mol. The van der Waals surface area contributed by atoms with E-state index in [1.54, 1.807) is 0 Å². The molecule has 21 heavy (non-hydrogen) atoms. The lowest BCUT2D eigenvalue weighted by Gasteiger charge is -2.44. The van der Waals surface area contributed by atoms with E-state index in [1.165, 1.54) is 6.42 Å². The van der Waals surface area contributed by atoms with Crippen LogP contribution in [0.5, 0.6) is 0 Å². The van der Waals surface area contributed by atoms with Crippen LogP contribution in [0.3, 0.4) is 0 Å². The van der Waals surface area contributed by atoms with E-state index in [1.807, 2.05) is 4.90 Å². The zero-order chi connectivity index (χ0) is 14.8. The molecule has 6 nitrogen and oxygen atoms in total. The number of carbonyl (C=O) groups is 2. The van der Waals surface area contributed by atoms with Crippen molar-refractivity contribution < 1.29 is 19.4 Å². The Morgan fingerprint density at radius 1 is 1.14 bits per heavy atom. The minimum absolute atomic E-state index is 0.00323. The van der Waals surface area contributed by atoms with E-state index in [2.05, 4.69) is 5.32 Å². The minimum atomic E-state index is -0.745. The van der Waals surface area contributed by atoms with Crippen molar-refractivity contribution in [3.05, 3.63) is 0 Å². The number of hydrogen-bond donors (Lipinski definition) is 2. The molecule has 2 amide bonds. The van der Waals surface area contributed by atoms with E-state index in [4.69, 9.17) is 9.84 Å². The van der Waals surface area contributed by atoms with E-state index in [9.17, 15) is 9.59 Å². The number of carboxylic acid groups (broad SMARTS) is 1. The van der Waals surface area contributed by atoms with Gasteiger partial charge in [0, 0.05) is 12.6 Å². The highest BCUT2D eigenvalue weighted by molar-refractivity contribution is 5.76. The summed E-state index contributed by atoms with van der Waals surface area (Å²) in [5.41, 5.74) is 0. The predicted octanol–water partition coefficient (Wildman–Crippen LogP) is 1.59. The molecule has 6 heteroatoms. The molecular weight excluding hydrogens is 272 g/mol. The Hall–Kier alpha value is -1.30. The molecule has 4 atom stereocenters. The number of ether oxygens (including phenoxy) is 1. The Kier molecular flexibility index (Phi) is 4.33. The van der Waals surface area contributed by atoms with Gasteiger partial charge in [-0.3, -0.25) is 4.79 Å². The van der Waals surface area contributed by atoms with Crippen LogP contribution in [-0.2, 0) is 9.53 Å². The Labute approximate surface area is 124 Å². The first kappa shape index (κ1) is 14.6. The van der Waals surface area contributed by atoms with E-state index in [0.717, 1.165) is 25.7 Å². The molecule has 2 aliphatic carbocycles. The zero-order valence-corrected chi connectivity index (χ0v) is 12.3. The van der Waals surface area contributed by atoms with Gasteiger partial charge in [-0.1, -0.05) is 12.8 Å². The maximum atomic E-state index is 12.5. The summed E-state index contributed by atoms with van der Waals surface area (Å²) in [6, 6.07) is 0.166. The fourth-order valence-electron chi connectivity index (χ4n) is 3.94. The van der Waals surface area contributed by atoms with E-state index in [0.29, 0.717) is 26.0 Å². The molecule has 1 aliphatic heterocycles. The molecule has 3 rings (SSSR count). The second kappa shape index (κ2) is 6.22. The molecule has 4 unspecified atom stereocenters. The molecule has 2 N–H and O–H groups in total. The first-order valence-corrected chi connectivity index (χ1v) is 8.06. The lowest BCUT2D eigenvalue weighted by molar-refractivity contribution is -0.141. The van der Waals surface area contributed by atoms with Crippen molar-refractivity contribution in [2.45, 2.75) is 63.1 Å². The highest BCUT2D eigenvalue weighted by Gasteiger charge is 2.38. The van der Waals surface area contributed by atoms with Crippen LogP contribution in [0.2, 0.25) is 0 Å². The zero-order valence-electron chi connectivity index (χ0n) is 12.3. The van der Waals surface area contributed by atoms with Gasteiger partial charge in [-0.2, -0.15) is 0 Å². The van der Waals surface area contributed by atoms with Crippen molar-refractivity contribution in [3.8, 4) is 0 Å². The number of carboxylic acids is 1. The Bertz CT molecular complexity index is 412. The van der Waals surface area contributed by atoms with Gasteiger partial charge in [-0.25, -0.2) is 4.79 Å². The second-order valence-electron chi connectivity index (χ2n) is 6.45. The quantitative estimate of drug-likeness (QED) is 0.811. The van der Waals surface area contributed by atoms with Crippen LogP contribution in [0, 0.1) is 5.92 Å². The topological polar surface area (TPSA) is 78.9 Å². The minimum Gasteiger partial charge on any atom is -0.481 e. The number of amides is 2. The van der Waals surface area contributed by atoms with Crippen LogP contribution < -0.4 is 5.32 Å². The number of hydrogen-bond acceptors (Lipinski definition) is 3. The standard InChI is InChI=1S/C15H24N2O4/c18-14(19)10-5-6-11(9-10)16-15(20)17-7-8-21-13-4-2-1-3-12(13)17/h10-13H,1-9H2,(H,16,20)(H,18,19). The summed E-state index contributed by atoms with van der Waals surface area (Å²) in [6.07, 6.45) is 6.56. The van der Waals surface area contributed by atoms with Gasteiger partial charge in [-0.05, 0) is 32.1 Å². The molecule has 3 aliphatic rings. The molecule has 0 aromatic carbocycles. The summed E-state index contributed by atoms with van der Waals surface area (Å²) in [5.74, 6) is -1.05. The van der Waals surface area contributed by atoms with Crippen molar-refractivity contribution in [2.24, 2.45) is 5.92 Å². The molecule has 0 bridgehead atoms. The summed E-state index contributed by atoms with van der Waals surface area (Å²) in [6.45, 7) is 1.25. The largest absolute Gasteiger partial charge is 0.481 e. The number of carbonyl (C=O) groups excluding carboxylic acids is 1. The van der Waals surface area contributed by atoms with Crippen molar-refractivity contribution in [2.75, 3.05) is 13.2 Å². The van der Waals surface area contributed by atoms with Crippen LogP contribution in [0.25, 0.3) is 0 Å². The van der Waals surface area contributed by atoms with Crippen LogP contribution >= 0.6 is 0 Å². The summed E-state index contributed by atoms with van der Waals surface area (Å²) in [5, 5.41) is 12.1. The van der Waals surface area contributed by atoms with Crippen molar-refractivity contribution in [1.82, 2.24) is 10.2 Å². The van der Waals surface area contributed by atoms with Crippen LogP contribution in [0.4, 0.5) is 4.79 Å². The highest BCUT2D eigenvalue weighted by Crippen LogP contribution is 2.29. The highest BCUT2D eigenvalue weighted by atomic mass is 16.5. The molecule has 0 radical (unpaired) electrons. The van der Waals surface area contributed by atoms with Crippen LogP contribution in [-0.4, -0.2) is 53.3 Å². The third-order valence-electron chi connectivity index (χ3n) is 5.10. The molecule has 1 saturated heterocycles. The van der Waals surface area contributed by atoms with Gasteiger partial charge in [0.2, 0.25) is 0 Å². The molecule has 118 valence electrons. The third kappa shape index (κ3) is 3.15. The molecule has 2 saturated carbocycles. The number of aliphatic carboxylic acids is 1. The molecule has 0 aromatic rings. The molecule has 3 fully saturated rings. The van der Waals surface area contributed by atoms with E-state index >= 15 is 0 Å². The van der Waals surface area contributed by atoms with Gasteiger partial charge < -0.3 is 20.1 Å². The summed E-state index contributed by atoms with van der Waals surface area (Å²) < 4.78 is 5.78. The van der Waals surface area contributed by atoms with Gasteiger partial charge >= 0.3 is 12.0 Å². The number of morpholine rings is 1. The van der Waals surface area contributed by atoms with Gasteiger partial charge in [0.25, 0.3) is 0 Å². The molecule has 1 heterocycles. The smallest absolute Gasteiger partial charge is 0.318 e. The summed E-state index contributed by atoms with van der Waals surface area (Å²) in [4.78, 5) is 25.4. The fraction of sp³-hybridized carbons (Fsp3) is 0.867. The maximum absolute atomic E-state index is 12.5. The van der Waals surface area contributed by atoms with Gasteiger partial charge in [0.15, 0.2) is 0 Å². The SMILES string of the molecule is O=C(O)C1CCC(NC(=O)N2CCOC3CCCCC32)C1. The fourth-order valence-corrected chi connectivity index (χ4v) is 3.94. The summed E-state index contributed by atoms with van der Waals surface area (Å²) in [7, 11) is 0. The number of rotatable bonds is 2. The normalized spacial score (nSPS) is 36.1. The van der Waals surface area contributed by atoms with E-state index < -0.39 is 5.97 Å². The van der Waals surface area contributed by atoms with Crippen molar-refractivity contribution >= 4 is 12.0 Å². The number of nitrogens with zero attached hydrogens (tertiary/aromatic N) is 1. The Balaban J connectivity index is 1.56. The van der Waals surface area contributed by atoms with E-state index in [-0.39, 0.29) is 30.1 Å². The third-order valence-corrected chi connectivity index (χ3v) is 5.10. The van der Waals surface area contributed by atoms with Crippen molar-refractivity contribution in [3.63, 3.8) is 0 Å². The van der Waals surface area contributed by atoms with Gasteiger partial charge in [0.05, 0.1) is 24.7 Å². The molecular formula is C15H24N2O4. The first-order chi connectivity index (χ1) is 10.1. The van der Waals surface area contributed by atoms with Crippen LogP contribution in [0.1, 0.15) is 44.9 Å². The van der Waals surface area contributed by atoms with Gasteiger partial charge in [0.1, 0.15) is 0 Å². The van der Waals surface area contributed by atoms with Crippen molar-refractivity contribution in [1.29, 1.82) is 0 Å². The predicted molar refractivity (Wildman–Crippen MR) is 76.0 cm³/mol. The average Bonchev–Trinajstić information content (AvgIpc) is 2.95.